The number of allylic oxidation sites excluding steroid dienone is 3. The van der Waals surface area contributed by atoms with Gasteiger partial charge in [-0.05, 0) is 68.6 Å². The number of carboxylic acid groups (broad SMARTS) is 2. The van der Waals surface area contributed by atoms with Crippen molar-refractivity contribution in [2.75, 3.05) is 0 Å². The maximum atomic E-state index is 12.4. The van der Waals surface area contributed by atoms with Crippen LogP contribution in [0.15, 0.2) is 23.8 Å². The van der Waals surface area contributed by atoms with E-state index in [1.807, 2.05) is 0 Å². The zero-order valence-corrected chi connectivity index (χ0v) is 26.1. The Labute approximate surface area is 246 Å². The van der Waals surface area contributed by atoms with Gasteiger partial charge < -0.3 is 10.2 Å². The van der Waals surface area contributed by atoms with Crippen molar-refractivity contribution in [2.24, 2.45) is 29.6 Å². The van der Waals surface area contributed by atoms with Gasteiger partial charge in [-0.15, -0.1) is 0 Å². The van der Waals surface area contributed by atoms with E-state index in [4.69, 9.17) is 5.11 Å². The molecule has 0 bridgehead atoms. The minimum atomic E-state index is -0.689. The highest BCUT2D eigenvalue weighted by atomic mass is 16.4. The summed E-state index contributed by atoms with van der Waals surface area (Å²) in [5, 5.41) is 19.1. The second-order valence-corrected chi connectivity index (χ2v) is 12.9. The molecule has 0 aromatic rings. The van der Waals surface area contributed by atoms with E-state index in [0.29, 0.717) is 23.7 Å². The predicted octanol–water partition coefficient (Wildman–Crippen LogP) is 10.8. The van der Waals surface area contributed by atoms with Crippen LogP contribution < -0.4 is 0 Å². The molecule has 4 heteroatoms. The summed E-state index contributed by atoms with van der Waals surface area (Å²) in [5.41, 5.74) is 1.23. The van der Waals surface area contributed by atoms with Gasteiger partial charge in [0.05, 0.1) is 5.92 Å². The number of rotatable bonds is 20. The molecule has 2 aliphatic carbocycles. The van der Waals surface area contributed by atoms with Crippen LogP contribution in [-0.4, -0.2) is 22.2 Å². The molecule has 0 spiro atoms. The van der Waals surface area contributed by atoms with Gasteiger partial charge in [0.1, 0.15) is 0 Å². The van der Waals surface area contributed by atoms with Crippen LogP contribution in [0.5, 0.6) is 0 Å². The molecule has 1 fully saturated rings. The van der Waals surface area contributed by atoms with E-state index < -0.39 is 11.9 Å². The van der Waals surface area contributed by atoms with E-state index >= 15 is 0 Å². The summed E-state index contributed by atoms with van der Waals surface area (Å²) in [6, 6.07) is 0. The van der Waals surface area contributed by atoms with E-state index in [2.05, 4.69) is 32.1 Å². The first-order valence-electron chi connectivity index (χ1n) is 17.3. The molecule has 2 N–H and O–H groups in total. The Morgan fingerprint density at radius 2 is 1.30 bits per heavy atom. The minimum Gasteiger partial charge on any atom is -0.481 e. The molecule has 2 aliphatic rings. The molecule has 1 saturated carbocycles. The zero-order chi connectivity index (χ0) is 29.0. The lowest BCUT2D eigenvalue weighted by molar-refractivity contribution is -0.141. The van der Waals surface area contributed by atoms with E-state index in [1.54, 1.807) is 0 Å². The fraction of sp³-hybridized carbons (Fsp3) is 0.833. The standard InChI is InChI=1S/C36H62O4/c1-3-5-7-14-20-29-26-27-30(21-15-10-9-11-19-25-35(37)38)34(32(29)23-17-8-6-4-2)28-31-22-16-12-13-18-24-33(31)36(39)40/h26-30,32-34H,3-25H2,1-2H3,(H,37,38)(H,39,40)/b31-28-. The van der Waals surface area contributed by atoms with Gasteiger partial charge >= 0.3 is 11.9 Å². The van der Waals surface area contributed by atoms with Crippen LogP contribution in [0.4, 0.5) is 0 Å². The van der Waals surface area contributed by atoms with Crippen molar-refractivity contribution in [2.45, 2.75) is 162 Å². The first-order chi connectivity index (χ1) is 19.5. The summed E-state index contributed by atoms with van der Waals surface area (Å²) in [5.74, 6) is 0.575. The zero-order valence-electron chi connectivity index (χ0n) is 26.1. The number of carbonyl (C=O) groups is 2. The van der Waals surface area contributed by atoms with Crippen LogP contribution in [0.1, 0.15) is 162 Å². The Morgan fingerprint density at radius 3 is 1.98 bits per heavy atom. The molecule has 230 valence electrons. The van der Waals surface area contributed by atoms with Crippen molar-refractivity contribution < 1.29 is 19.8 Å². The van der Waals surface area contributed by atoms with Crippen LogP contribution in [0.3, 0.4) is 0 Å². The van der Waals surface area contributed by atoms with Crippen molar-refractivity contribution in [1.82, 2.24) is 0 Å². The molecule has 0 aliphatic heterocycles. The maximum Gasteiger partial charge on any atom is 0.310 e. The van der Waals surface area contributed by atoms with Gasteiger partial charge in [0.2, 0.25) is 0 Å². The van der Waals surface area contributed by atoms with Crippen molar-refractivity contribution in [3.05, 3.63) is 23.8 Å². The van der Waals surface area contributed by atoms with Gasteiger partial charge in [0, 0.05) is 6.42 Å². The van der Waals surface area contributed by atoms with Crippen LogP contribution in [0, 0.1) is 29.6 Å². The number of carboxylic acids is 2. The number of unbranched alkanes of at least 4 members (excludes halogenated alkanes) is 10. The molecule has 5 unspecified atom stereocenters. The largest absolute Gasteiger partial charge is 0.481 e. The molecule has 2 rings (SSSR count). The minimum absolute atomic E-state index is 0.283. The molecule has 4 nitrogen and oxygen atoms in total. The molecule has 0 heterocycles. The highest BCUT2D eigenvalue weighted by molar-refractivity contribution is 5.73. The molecular formula is C36H62O4. The third kappa shape index (κ3) is 13.4. The molecule has 40 heavy (non-hydrogen) atoms. The number of aliphatic carboxylic acids is 2. The van der Waals surface area contributed by atoms with Crippen LogP contribution in [0.2, 0.25) is 0 Å². The Kier molecular flexibility index (Phi) is 18.3. The highest BCUT2D eigenvalue weighted by Gasteiger charge is 2.35. The van der Waals surface area contributed by atoms with Gasteiger partial charge in [-0.1, -0.05) is 134 Å². The van der Waals surface area contributed by atoms with Crippen molar-refractivity contribution >= 4 is 11.9 Å². The molecule has 0 aromatic carbocycles. The fourth-order valence-electron chi connectivity index (χ4n) is 7.33. The Balaban J connectivity index is 2.24. The Bertz CT molecular complexity index is 754. The van der Waals surface area contributed by atoms with Gasteiger partial charge in [-0.3, -0.25) is 9.59 Å². The Hall–Kier alpha value is -1.58. The molecule has 0 saturated heterocycles. The molecular weight excluding hydrogens is 496 g/mol. The number of hydrogen-bond acceptors (Lipinski definition) is 2. The maximum absolute atomic E-state index is 12.4. The van der Waals surface area contributed by atoms with Gasteiger partial charge in [-0.2, -0.15) is 0 Å². The molecule has 5 atom stereocenters. The SMILES string of the molecule is CCCCCCC1C=CC(CCCCCCCC(=O)O)C(/C=C2/CCCCCCC2C(=O)O)C1CCCCCC. The van der Waals surface area contributed by atoms with Crippen molar-refractivity contribution in [1.29, 1.82) is 0 Å². The second-order valence-electron chi connectivity index (χ2n) is 12.9. The third-order valence-corrected chi connectivity index (χ3v) is 9.71. The lowest BCUT2D eigenvalue weighted by atomic mass is 9.65. The van der Waals surface area contributed by atoms with E-state index in [1.165, 1.54) is 82.6 Å². The van der Waals surface area contributed by atoms with Gasteiger partial charge in [0.25, 0.3) is 0 Å². The first-order valence-corrected chi connectivity index (χ1v) is 17.3. The molecule has 0 radical (unpaired) electrons. The summed E-state index contributed by atoms with van der Waals surface area (Å²) >= 11 is 0. The van der Waals surface area contributed by atoms with Crippen LogP contribution >= 0.6 is 0 Å². The average Bonchev–Trinajstić information content (AvgIpc) is 2.91. The predicted molar refractivity (Wildman–Crippen MR) is 167 cm³/mol. The van der Waals surface area contributed by atoms with Gasteiger partial charge in [0.15, 0.2) is 0 Å². The summed E-state index contributed by atoms with van der Waals surface area (Å²) in [4.78, 5) is 23.2. The quantitative estimate of drug-likeness (QED) is 0.115. The van der Waals surface area contributed by atoms with Crippen LogP contribution in [0.25, 0.3) is 0 Å². The van der Waals surface area contributed by atoms with Crippen LogP contribution in [-0.2, 0) is 9.59 Å². The lowest BCUT2D eigenvalue weighted by Crippen LogP contribution is -2.32. The van der Waals surface area contributed by atoms with Gasteiger partial charge in [-0.25, -0.2) is 0 Å². The monoisotopic (exact) mass is 558 g/mol. The van der Waals surface area contributed by atoms with Crippen molar-refractivity contribution in [3.8, 4) is 0 Å². The molecule has 0 aromatic heterocycles. The summed E-state index contributed by atoms with van der Waals surface area (Å²) < 4.78 is 0. The van der Waals surface area contributed by atoms with Crippen molar-refractivity contribution in [3.63, 3.8) is 0 Å². The first kappa shape index (κ1) is 34.6. The smallest absolute Gasteiger partial charge is 0.310 e. The fourth-order valence-corrected chi connectivity index (χ4v) is 7.33. The Morgan fingerprint density at radius 1 is 0.725 bits per heavy atom. The second kappa shape index (κ2) is 21.2. The molecule has 0 amide bonds. The van der Waals surface area contributed by atoms with E-state index in [0.717, 1.165) is 64.2 Å². The summed E-state index contributed by atoms with van der Waals surface area (Å²) in [6.45, 7) is 4.56. The topological polar surface area (TPSA) is 74.6 Å². The highest BCUT2D eigenvalue weighted by Crippen LogP contribution is 2.44. The lowest BCUT2D eigenvalue weighted by Gasteiger charge is -2.40. The average molecular weight is 559 g/mol. The summed E-state index contributed by atoms with van der Waals surface area (Å²) in [7, 11) is 0. The number of hydrogen-bond donors (Lipinski definition) is 2. The third-order valence-electron chi connectivity index (χ3n) is 9.71. The normalized spacial score (nSPS) is 26.4. The van der Waals surface area contributed by atoms with E-state index in [-0.39, 0.29) is 12.3 Å². The summed E-state index contributed by atoms with van der Waals surface area (Å²) in [6.07, 6.45) is 33.5. The van der Waals surface area contributed by atoms with E-state index in [9.17, 15) is 14.7 Å².